The first-order chi connectivity index (χ1) is 16.0. The van der Waals surface area contributed by atoms with E-state index in [0.29, 0.717) is 0 Å². The lowest BCUT2D eigenvalue weighted by Crippen LogP contribution is -2.28. The fourth-order valence-corrected chi connectivity index (χ4v) is 5.75. The molecule has 0 aliphatic heterocycles. The van der Waals surface area contributed by atoms with Gasteiger partial charge in [0.25, 0.3) is 10.0 Å². The zero-order chi connectivity index (χ0) is 24.3. The van der Waals surface area contributed by atoms with Crippen molar-refractivity contribution in [2.24, 2.45) is 0 Å². The fourth-order valence-electron chi connectivity index (χ4n) is 3.77. The highest BCUT2D eigenvalue weighted by Crippen LogP contribution is 2.42. The minimum absolute atomic E-state index is 0.0506. The number of aromatic nitrogens is 2. The maximum atomic E-state index is 13.7. The number of hydrogen-bond donors (Lipinski definition) is 0. The van der Waals surface area contributed by atoms with Crippen molar-refractivity contribution in [2.45, 2.75) is 10.4 Å². The van der Waals surface area contributed by atoms with Crippen molar-refractivity contribution in [1.82, 2.24) is 8.96 Å². The smallest absolute Gasteiger partial charge is 0.354 e. The standard InChI is InChI=1S/C22H13F3N2O5S2/c23-22(24,25)34(30,31)32-21-19-16-11-5-7-13-18(16)27(33(28,29)14-8-2-1-3-9-14)20(19)15-10-4-6-12-17(15)26-21/h1-13H. The molecule has 7 nitrogen and oxygen atoms in total. The molecule has 0 fully saturated rings. The van der Waals surface area contributed by atoms with Crippen molar-refractivity contribution in [3.05, 3.63) is 78.9 Å². The van der Waals surface area contributed by atoms with Crippen molar-refractivity contribution in [3.8, 4) is 5.88 Å². The highest BCUT2D eigenvalue weighted by Gasteiger charge is 2.49. The fraction of sp³-hybridized carbons (Fsp3) is 0.0455. The summed E-state index contributed by atoms with van der Waals surface area (Å²) < 4.78 is 95.9. The summed E-state index contributed by atoms with van der Waals surface area (Å²) in [4.78, 5) is 3.94. The zero-order valence-corrected chi connectivity index (χ0v) is 18.5. The Morgan fingerprint density at radius 1 is 0.765 bits per heavy atom. The molecule has 2 heterocycles. The Balaban J connectivity index is 2.00. The van der Waals surface area contributed by atoms with Gasteiger partial charge in [-0.1, -0.05) is 54.6 Å². The molecule has 0 aliphatic rings. The molecule has 0 unspecified atom stereocenters. The summed E-state index contributed by atoms with van der Waals surface area (Å²) in [5.41, 5.74) is -5.59. The first-order valence-corrected chi connectivity index (χ1v) is 12.5. The van der Waals surface area contributed by atoms with E-state index in [1.165, 1.54) is 48.5 Å². The summed E-state index contributed by atoms with van der Waals surface area (Å²) in [5, 5.41) is 0.259. The maximum Gasteiger partial charge on any atom is 0.534 e. The van der Waals surface area contributed by atoms with Crippen LogP contribution >= 0.6 is 0 Å². The highest BCUT2D eigenvalue weighted by atomic mass is 32.2. The zero-order valence-electron chi connectivity index (χ0n) is 16.9. The molecule has 5 aromatic rings. The molecule has 2 aromatic heterocycles. The summed E-state index contributed by atoms with van der Waals surface area (Å²) in [7, 11) is -10.3. The molecule has 174 valence electrons. The number of fused-ring (bicyclic) bond motifs is 5. The lowest BCUT2D eigenvalue weighted by Gasteiger charge is -2.13. The minimum atomic E-state index is -6.08. The molecule has 0 spiro atoms. The first-order valence-electron chi connectivity index (χ1n) is 9.66. The first kappa shape index (κ1) is 22.2. The molecule has 5 rings (SSSR count). The van der Waals surface area contributed by atoms with Crippen LogP contribution in [0.15, 0.2) is 83.8 Å². The molecule has 34 heavy (non-hydrogen) atoms. The van der Waals surface area contributed by atoms with Gasteiger partial charge in [0.05, 0.1) is 26.8 Å². The SMILES string of the molecule is O=S(=O)(c1ccccc1)n1c2ccccc2c2c(OS(=O)(=O)C(F)(F)F)nc3ccccc3c21. The van der Waals surface area contributed by atoms with Crippen LogP contribution in [0.25, 0.3) is 32.7 Å². The van der Waals surface area contributed by atoms with Crippen LogP contribution in [-0.2, 0) is 20.1 Å². The van der Waals surface area contributed by atoms with Gasteiger partial charge >= 0.3 is 15.6 Å². The number of hydrogen-bond acceptors (Lipinski definition) is 6. The van der Waals surface area contributed by atoms with Gasteiger partial charge in [-0.05, 0) is 24.3 Å². The lowest BCUT2D eigenvalue weighted by atomic mass is 10.1. The second kappa shape index (κ2) is 7.43. The van der Waals surface area contributed by atoms with Crippen LogP contribution in [0.4, 0.5) is 13.2 Å². The van der Waals surface area contributed by atoms with E-state index >= 15 is 0 Å². The second-order valence-electron chi connectivity index (χ2n) is 7.24. The number of alkyl halides is 3. The van der Waals surface area contributed by atoms with Crippen LogP contribution in [0.2, 0.25) is 0 Å². The van der Waals surface area contributed by atoms with E-state index in [0.717, 1.165) is 3.97 Å². The van der Waals surface area contributed by atoms with Crippen molar-refractivity contribution in [3.63, 3.8) is 0 Å². The molecular formula is C22H13F3N2O5S2. The molecule has 0 amide bonds. The third-order valence-corrected chi connectivity index (χ3v) is 7.85. The Labute approximate surface area is 191 Å². The van der Waals surface area contributed by atoms with Crippen LogP contribution in [0.1, 0.15) is 0 Å². The highest BCUT2D eigenvalue weighted by molar-refractivity contribution is 7.90. The number of benzene rings is 3. The molecule has 0 bridgehead atoms. The molecular weight excluding hydrogens is 493 g/mol. The topological polar surface area (TPSA) is 95.3 Å². The molecule has 0 N–H and O–H groups in total. The average molecular weight is 506 g/mol. The van der Waals surface area contributed by atoms with Gasteiger partial charge in [0.15, 0.2) is 0 Å². The molecule has 0 saturated heterocycles. The van der Waals surface area contributed by atoms with Crippen LogP contribution in [0, 0.1) is 0 Å². The van der Waals surface area contributed by atoms with E-state index in [9.17, 15) is 30.0 Å². The van der Waals surface area contributed by atoms with E-state index in [2.05, 4.69) is 9.17 Å². The number of nitrogens with zero attached hydrogens (tertiary/aromatic N) is 2. The Morgan fingerprint density at radius 3 is 2.03 bits per heavy atom. The summed E-state index contributed by atoms with van der Waals surface area (Å²) in [6, 6.07) is 19.6. The van der Waals surface area contributed by atoms with Crippen molar-refractivity contribution in [1.29, 1.82) is 0 Å². The van der Waals surface area contributed by atoms with E-state index in [4.69, 9.17) is 0 Å². The Morgan fingerprint density at radius 2 is 1.35 bits per heavy atom. The molecule has 0 radical (unpaired) electrons. The Kier molecular flexibility index (Phi) is 4.85. The van der Waals surface area contributed by atoms with Gasteiger partial charge in [0.1, 0.15) is 0 Å². The van der Waals surface area contributed by atoms with E-state index in [-0.39, 0.29) is 37.6 Å². The number of rotatable bonds is 4. The summed E-state index contributed by atoms with van der Waals surface area (Å²) in [6.07, 6.45) is 0. The van der Waals surface area contributed by atoms with Crippen LogP contribution in [0.3, 0.4) is 0 Å². The Bertz CT molecular complexity index is 1800. The van der Waals surface area contributed by atoms with Gasteiger partial charge < -0.3 is 4.18 Å². The Hall–Kier alpha value is -3.64. The maximum absolute atomic E-state index is 13.7. The van der Waals surface area contributed by atoms with Crippen LogP contribution in [0.5, 0.6) is 5.88 Å². The second-order valence-corrected chi connectivity index (χ2v) is 10.6. The quantitative estimate of drug-likeness (QED) is 0.257. The molecule has 0 atom stereocenters. The van der Waals surface area contributed by atoms with E-state index in [1.807, 2.05) is 0 Å². The normalized spacial score (nSPS) is 13.0. The predicted octanol–water partition coefficient (Wildman–Crippen LogP) is 4.81. The van der Waals surface area contributed by atoms with Gasteiger partial charge in [-0.15, -0.1) is 0 Å². The van der Waals surface area contributed by atoms with Crippen molar-refractivity contribution >= 4 is 52.9 Å². The lowest BCUT2D eigenvalue weighted by molar-refractivity contribution is -0.0500. The minimum Gasteiger partial charge on any atom is -0.354 e. The van der Waals surface area contributed by atoms with Gasteiger partial charge in [-0.25, -0.2) is 17.4 Å². The van der Waals surface area contributed by atoms with Gasteiger partial charge in [-0.3, -0.25) is 0 Å². The largest absolute Gasteiger partial charge is 0.534 e. The molecule has 0 aliphatic carbocycles. The van der Waals surface area contributed by atoms with Crippen LogP contribution in [-0.4, -0.2) is 31.3 Å². The predicted molar refractivity (Wildman–Crippen MR) is 119 cm³/mol. The van der Waals surface area contributed by atoms with Gasteiger partial charge in [0.2, 0.25) is 5.88 Å². The molecule has 3 aromatic carbocycles. The summed E-state index contributed by atoms with van der Waals surface area (Å²) >= 11 is 0. The number of pyridine rings is 1. The van der Waals surface area contributed by atoms with Gasteiger partial charge in [0, 0.05) is 10.8 Å². The number of para-hydroxylation sites is 2. The summed E-state index contributed by atoms with van der Waals surface area (Å²) in [6.45, 7) is 0. The number of halogens is 3. The third-order valence-electron chi connectivity index (χ3n) is 5.18. The van der Waals surface area contributed by atoms with Crippen molar-refractivity contribution in [2.75, 3.05) is 0 Å². The third kappa shape index (κ3) is 3.29. The van der Waals surface area contributed by atoms with Gasteiger partial charge in [-0.2, -0.15) is 21.6 Å². The molecule has 12 heteroatoms. The van der Waals surface area contributed by atoms with E-state index in [1.54, 1.807) is 30.3 Å². The average Bonchev–Trinajstić information content (AvgIpc) is 3.15. The van der Waals surface area contributed by atoms with Crippen LogP contribution < -0.4 is 4.18 Å². The molecule has 0 saturated carbocycles. The monoisotopic (exact) mass is 506 g/mol. The summed E-state index contributed by atoms with van der Waals surface area (Å²) in [5.74, 6) is -0.871. The van der Waals surface area contributed by atoms with Crippen molar-refractivity contribution < 1.29 is 34.2 Å². The van der Waals surface area contributed by atoms with E-state index < -0.39 is 31.5 Å².